The van der Waals surface area contributed by atoms with Gasteiger partial charge in [-0.15, -0.1) is 0 Å². The summed E-state index contributed by atoms with van der Waals surface area (Å²) < 4.78 is 0. The second kappa shape index (κ2) is 13.0. The van der Waals surface area contributed by atoms with Crippen LogP contribution in [0.15, 0.2) is 0 Å². The van der Waals surface area contributed by atoms with Crippen molar-refractivity contribution in [1.82, 2.24) is 16.0 Å². The molecule has 0 aliphatic rings. The van der Waals surface area contributed by atoms with Gasteiger partial charge in [0.25, 0.3) is 0 Å². The zero-order valence-electron chi connectivity index (χ0n) is 16.3. The molecular weight excluding hydrogens is 406 g/mol. The smallest absolute Gasteiger partial charge is 0.327 e. The molecule has 4 unspecified atom stereocenters. The lowest BCUT2D eigenvalue weighted by atomic mass is 10.0. The summed E-state index contributed by atoms with van der Waals surface area (Å²) in [5.41, 5.74) is 10.5. The first kappa shape index (κ1) is 26.6. The molecule has 29 heavy (non-hydrogen) atoms. The Morgan fingerprint density at radius 3 is 1.83 bits per heavy atom. The number of primary amides is 1. The van der Waals surface area contributed by atoms with Gasteiger partial charge in [-0.1, -0.05) is 13.8 Å². The third-order valence-corrected chi connectivity index (χ3v) is 4.07. The summed E-state index contributed by atoms with van der Waals surface area (Å²) in [6.07, 6.45) is -0.413. The molecular formula is C16H29N5O7S. The highest BCUT2D eigenvalue weighted by Crippen LogP contribution is 2.07. The molecule has 0 aromatic carbocycles. The van der Waals surface area contributed by atoms with Gasteiger partial charge in [-0.25, -0.2) is 4.79 Å². The number of hydrogen-bond donors (Lipinski definition) is 8. The molecule has 12 nitrogen and oxygen atoms in total. The number of nitrogens with two attached hydrogens (primary N) is 2. The Hall–Kier alpha value is -2.38. The molecule has 0 aliphatic carbocycles. The predicted molar refractivity (Wildman–Crippen MR) is 106 cm³/mol. The molecule has 0 aliphatic heterocycles. The van der Waals surface area contributed by atoms with E-state index in [2.05, 4.69) is 28.6 Å². The molecule has 0 bridgehead atoms. The number of rotatable bonds is 13. The van der Waals surface area contributed by atoms with Crippen molar-refractivity contribution in [3.05, 3.63) is 0 Å². The number of carbonyl (C=O) groups is 5. The maximum absolute atomic E-state index is 12.6. The Kier molecular flexibility index (Phi) is 11.9. The van der Waals surface area contributed by atoms with Crippen molar-refractivity contribution in [2.24, 2.45) is 17.4 Å². The standard InChI is InChI=1S/C16H29N5O7S/c1-7(2)3-9(19-13(24)8(17)5-22)14(25)20-10(4-12(18)23)15(26)21-11(6-29)16(27)28/h7-11,22,29H,3-6,17H2,1-2H3,(H2,18,23)(H,19,24)(H,20,25)(H,21,26)(H,27,28). The number of carboxylic acid groups (broad SMARTS) is 1. The Morgan fingerprint density at radius 1 is 0.931 bits per heavy atom. The van der Waals surface area contributed by atoms with E-state index in [1.54, 1.807) is 13.8 Å². The molecule has 13 heteroatoms. The summed E-state index contributed by atoms with van der Waals surface area (Å²) in [5, 5.41) is 24.8. The van der Waals surface area contributed by atoms with Gasteiger partial charge in [0.2, 0.25) is 23.6 Å². The number of aliphatic hydroxyl groups excluding tert-OH is 1. The normalized spacial score (nSPS) is 15.0. The van der Waals surface area contributed by atoms with Crippen molar-refractivity contribution in [2.75, 3.05) is 12.4 Å². The van der Waals surface area contributed by atoms with Gasteiger partial charge in [-0.3, -0.25) is 19.2 Å². The molecule has 9 N–H and O–H groups in total. The summed E-state index contributed by atoms with van der Waals surface area (Å²) in [4.78, 5) is 59.2. The number of aliphatic hydroxyl groups is 1. The first-order chi connectivity index (χ1) is 13.4. The molecule has 166 valence electrons. The third-order valence-electron chi connectivity index (χ3n) is 3.71. The number of hydrogen-bond acceptors (Lipinski definition) is 8. The summed E-state index contributed by atoms with van der Waals surface area (Å²) >= 11 is 3.82. The van der Waals surface area contributed by atoms with Gasteiger partial charge >= 0.3 is 5.97 Å². The van der Waals surface area contributed by atoms with Gasteiger partial charge in [0.1, 0.15) is 24.2 Å². The molecule has 0 fully saturated rings. The molecule has 0 spiro atoms. The number of thiol groups is 1. The average Bonchev–Trinajstić information content (AvgIpc) is 2.62. The molecule has 4 atom stereocenters. The van der Waals surface area contributed by atoms with Crippen molar-refractivity contribution < 1.29 is 34.2 Å². The van der Waals surface area contributed by atoms with Gasteiger partial charge in [0.15, 0.2) is 0 Å². The van der Waals surface area contributed by atoms with Crippen LogP contribution >= 0.6 is 12.6 Å². The van der Waals surface area contributed by atoms with Crippen molar-refractivity contribution in [3.8, 4) is 0 Å². The second-order valence-electron chi connectivity index (χ2n) is 6.79. The van der Waals surface area contributed by atoms with Crippen LogP contribution in [0.1, 0.15) is 26.7 Å². The van der Waals surface area contributed by atoms with Crippen molar-refractivity contribution in [3.63, 3.8) is 0 Å². The lowest BCUT2D eigenvalue weighted by molar-refractivity contribution is -0.141. The van der Waals surface area contributed by atoms with Gasteiger partial charge in [0.05, 0.1) is 13.0 Å². The minimum absolute atomic E-state index is 0.0413. The van der Waals surface area contributed by atoms with E-state index in [0.717, 1.165) is 0 Å². The third kappa shape index (κ3) is 10.1. The molecule has 0 aromatic rings. The Balaban J connectivity index is 5.39. The van der Waals surface area contributed by atoms with E-state index in [1.165, 1.54) is 0 Å². The first-order valence-corrected chi connectivity index (χ1v) is 9.45. The van der Waals surface area contributed by atoms with Crippen LogP contribution in [0.3, 0.4) is 0 Å². The van der Waals surface area contributed by atoms with Crippen LogP contribution in [0.4, 0.5) is 0 Å². The van der Waals surface area contributed by atoms with Crippen molar-refractivity contribution >= 4 is 42.2 Å². The van der Waals surface area contributed by atoms with Crippen LogP contribution in [0.2, 0.25) is 0 Å². The quantitative estimate of drug-likeness (QED) is 0.137. The van der Waals surface area contributed by atoms with Crippen LogP contribution < -0.4 is 27.4 Å². The van der Waals surface area contributed by atoms with Gasteiger partial charge in [-0.2, -0.15) is 12.6 Å². The summed E-state index contributed by atoms with van der Waals surface area (Å²) in [7, 11) is 0. The lowest BCUT2D eigenvalue weighted by Crippen LogP contribution is -2.58. The largest absolute Gasteiger partial charge is 0.480 e. The van der Waals surface area contributed by atoms with E-state index in [9.17, 15) is 24.0 Å². The molecule has 0 aromatic heterocycles. The van der Waals surface area contributed by atoms with Crippen LogP contribution in [0, 0.1) is 5.92 Å². The van der Waals surface area contributed by atoms with E-state index in [1.807, 2.05) is 0 Å². The van der Waals surface area contributed by atoms with Gasteiger partial charge in [0, 0.05) is 5.75 Å². The van der Waals surface area contributed by atoms with E-state index in [-0.39, 0.29) is 18.1 Å². The molecule has 4 amide bonds. The van der Waals surface area contributed by atoms with E-state index >= 15 is 0 Å². The lowest BCUT2D eigenvalue weighted by Gasteiger charge is -2.25. The topological polar surface area (TPSA) is 214 Å². The van der Waals surface area contributed by atoms with Crippen LogP contribution in [-0.2, 0) is 24.0 Å². The van der Waals surface area contributed by atoms with Gasteiger partial charge < -0.3 is 37.6 Å². The fourth-order valence-electron chi connectivity index (χ4n) is 2.21. The number of aliphatic carboxylic acids is 1. The summed E-state index contributed by atoms with van der Waals surface area (Å²) in [6.45, 7) is 2.95. The van der Waals surface area contributed by atoms with Crippen LogP contribution in [0.25, 0.3) is 0 Å². The minimum atomic E-state index is -1.46. The van der Waals surface area contributed by atoms with Crippen LogP contribution in [-0.4, -0.2) is 76.3 Å². The highest BCUT2D eigenvalue weighted by atomic mass is 32.1. The molecule has 0 rings (SSSR count). The molecule has 0 saturated carbocycles. The number of nitrogens with one attached hydrogen (secondary N) is 3. The fourth-order valence-corrected chi connectivity index (χ4v) is 2.45. The van der Waals surface area contributed by atoms with Crippen molar-refractivity contribution in [1.29, 1.82) is 0 Å². The van der Waals surface area contributed by atoms with E-state index < -0.39 is 66.8 Å². The van der Waals surface area contributed by atoms with Crippen LogP contribution in [0.5, 0.6) is 0 Å². The fraction of sp³-hybridized carbons (Fsp3) is 0.688. The Morgan fingerprint density at radius 2 is 1.41 bits per heavy atom. The summed E-state index contributed by atoms with van der Waals surface area (Å²) in [5.74, 6) is -5.03. The Bertz CT molecular complexity index is 616. The molecule has 0 saturated heterocycles. The Labute approximate surface area is 173 Å². The highest BCUT2D eigenvalue weighted by molar-refractivity contribution is 7.80. The number of carbonyl (C=O) groups excluding carboxylic acids is 4. The second-order valence-corrected chi connectivity index (χ2v) is 7.16. The SMILES string of the molecule is CC(C)CC(NC(=O)C(N)CO)C(=O)NC(CC(N)=O)C(=O)NC(CS)C(=O)O. The first-order valence-electron chi connectivity index (χ1n) is 8.82. The van der Waals surface area contributed by atoms with Crippen molar-refractivity contribution in [2.45, 2.75) is 50.9 Å². The number of amides is 4. The number of carboxylic acids is 1. The maximum atomic E-state index is 12.6. The van der Waals surface area contributed by atoms with Gasteiger partial charge in [-0.05, 0) is 12.3 Å². The van der Waals surface area contributed by atoms with E-state index in [0.29, 0.717) is 0 Å². The molecule has 0 heterocycles. The highest BCUT2D eigenvalue weighted by Gasteiger charge is 2.31. The zero-order chi connectivity index (χ0) is 22.7. The zero-order valence-corrected chi connectivity index (χ0v) is 17.1. The average molecular weight is 436 g/mol. The van der Waals surface area contributed by atoms with E-state index in [4.69, 9.17) is 21.7 Å². The maximum Gasteiger partial charge on any atom is 0.327 e. The minimum Gasteiger partial charge on any atom is -0.480 e. The molecule has 0 radical (unpaired) electrons. The monoisotopic (exact) mass is 435 g/mol. The summed E-state index contributed by atoms with van der Waals surface area (Å²) in [6, 6.07) is -5.15. The predicted octanol–water partition coefficient (Wildman–Crippen LogP) is -3.30.